The number of ketones is 2. The minimum Gasteiger partial charge on any atom is -0.465 e. The normalized spacial score (nSPS) is 17.6. The lowest BCUT2D eigenvalue weighted by Gasteiger charge is -2.39. The molecular weight excluding hydrogens is 756 g/mol. The number of hydrogen-bond acceptors (Lipinski definition) is 7. The van der Waals surface area contributed by atoms with E-state index < -0.39 is 46.6 Å². The molecule has 58 heavy (non-hydrogen) atoms. The maximum atomic E-state index is 14.9. The summed E-state index contributed by atoms with van der Waals surface area (Å²) in [7, 11) is 3.52. The smallest absolute Gasteiger partial charge is 0.418 e. The highest BCUT2D eigenvalue weighted by Gasteiger charge is 2.47. The van der Waals surface area contributed by atoms with Crippen molar-refractivity contribution in [3.05, 3.63) is 70.7 Å². The zero-order valence-corrected chi connectivity index (χ0v) is 34.5. The van der Waals surface area contributed by atoms with Gasteiger partial charge in [0.05, 0.1) is 24.2 Å². The van der Waals surface area contributed by atoms with E-state index in [-0.39, 0.29) is 104 Å². The number of ether oxygens (including phenoxy) is 1. The van der Waals surface area contributed by atoms with Crippen molar-refractivity contribution >= 4 is 40.3 Å². The van der Waals surface area contributed by atoms with Gasteiger partial charge in [0, 0.05) is 55.1 Å². The molecule has 3 aromatic rings. The van der Waals surface area contributed by atoms with Gasteiger partial charge in [0.15, 0.2) is 5.78 Å². The molecule has 1 aromatic heterocycles. The number of benzene rings is 2. The Morgan fingerprint density at radius 2 is 1.59 bits per heavy atom. The monoisotopic (exact) mass is 814 g/mol. The lowest BCUT2D eigenvalue weighted by Crippen LogP contribution is -2.60. The van der Waals surface area contributed by atoms with Gasteiger partial charge < -0.3 is 20.4 Å². The maximum Gasteiger partial charge on any atom is 0.418 e. The van der Waals surface area contributed by atoms with Gasteiger partial charge >= 0.3 is 12.1 Å². The Balaban J connectivity index is 1.62. The molecule has 0 radical (unpaired) electrons. The molecule has 1 aliphatic carbocycles. The summed E-state index contributed by atoms with van der Waals surface area (Å²) in [6.07, 6.45) is -3.09. The lowest BCUT2D eigenvalue weighted by atomic mass is 9.72. The summed E-state index contributed by atoms with van der Waals surface area (Å²) >= 11 is 0. The van der Waals surface area contributed by atoms with Crippen molar-refractivity contribution in [2.75, 3.05) is 33.8 Å². The van der Waals surface area contributed by atoms with Crippen molar-refractivity contribution in [3.63, 3.8) is 0 Å². The molecule has 0 spiro atoms. The van der Waals surface area contributed by atoms with Crippen LogP contribution in [0.15, 0.2) is 42.5 Å². The zero-order valence-electron chi connectivity index (χ0n) is 34.5. The largest absolute Gasteiger partial charge is 0.465 e. The number of aryl methyl sites for hydroxylation is 1. The maximum absolute atomic E-state index is 14.9. The van der Waals surface area contributed by atoms with E-state index in [4.69, 9.17) is 4.74 Å². The second kappa shape index (κ2) is 20.4. The molecule has 0 bridgehead atoms. The highest BCUT2D eigenvalue weighted by Crippen LogP contribution is 2.41. The van der Waals surface area contributed by atoms with Gasteiger partial charge in [0.1, 0.15) is 17.1 Å². The number of halogens is 4. The van der Waals surface area contributed by atoms with Crippen LogP contribution in [0.5, 0.6) is 0 Å². The molecule has 1 heterocycles. The van der Waals surface area contributed by atoms with Crippen molar-refractivity contribution in [2.45, 2.75) is 104 Å². The molecule has 2 unspecified atom stereocenters. The summed E-state index contributed by atoms with van der Waals surface area (Å²) in [5, 5.41) is 6.24. The van der Waals surface area contributed by atoms with Gasteiger partial charge in [-0.2, -0.15) is 13.2 Å². The van der Waals surface area contributed by atoms with Crippen LogP contribution in [0.2, 0.25) is 0 Å². The first-order chi connectivity index (χ1) is 27.4. The number of aromatic nitrogens is 1. The van der Waals surface area contributed by atoms with Crippen LogP contribution in [0.1, 0.15) is 95.0 Å². The Labute approximate surface area is 338 Å². The third-order valence-electron chi connectivity index (χ3n) is 11.6. The molecule has 2 aromatic carbocycles. The number of amides is 2. The molecule has 0 fully saturated rings. The first kappa shape index (κ1) is 46.1. The van der Waals surface area contributed by atoms with Crippen molar-refractivity contribution in [3.8, 4) is 0 Å². The van der Waals surface area contributed by atoms with Gasteiger partial charge in [-0.25, -0.2) is 4.39 Å². The Kier molecular flexibility index (Phi) is 16.2. The van der Waals surface area contributed by atoms with Gasteiger partial charge in [-0.05, 0) is 74.9 Å². The number of nitrogens with one attached hydrogen (secondary N) is 3. The number of para-hydroxylation sites is 1. The molecule has 5 atom stereocenters. The van der Waals surface area contributed by atoms with E-state index in [0.29, 0.717) is 36.9 Å². The molecule has 2 amide bonds. The number of fused-ring (bicyclic) bond motifs is 3. The molecule has 0 saturated carbocycles. The number of rotatable bonds is 21. The number of aromatic amines is 1. The van der Waals surface area contributed by atoms with E-state index in [9.17, 15) is 41.5 Å². The fraction of sp³-hybridized carbons (Fsp3) is 0.568. The Morgan fingerprint density at radius 1 is 0.914 bits per heavy atom. The van der Waals surface area contributed by atoms with Gasteiger partial charge in [0.2, 0.25) is 11.8 Å². The number of carbonyl (C=O) groups excluding carboxylic acids is 5. The van der Waals surface area contributed by atoms with E-state index in [1.165, 1.54) is 24.3 Å². The molecule has 10 nitrogen and oxygen atoms in total. The fourth-order valence-corrected chi connectivity index (χ4v) is 7.75. The number of hydrogen-bond donors (Lipinski definition) is 3. The summed E-state index contributed by atoms with van der Waals surface area (Å²) in [6.45, 7) is 8.10. The predicted octanol–water partition coefficient (Wildman–Crippen LogP) is 7.16. The van der Waals surface area contributed by atoms with E-state index in [2.05, 4.69) is 15.6 Å². The van der Waals surface area contributed by atoms with E-state index in [1.807, 2.05) is 27.7 Å². The number of esters is 1. The first-order valence-corrected chi connectivity index (χ1v) is 20.3. The number of alkyl halides is 3. The summed E-state index contributed by atoms with van der Waals surface area (Å²) in [5.41, 5.74) is -1.33. The minimum absolute atomic E-state index is 0.0521. The number of unbranched alkanes of at least 4 members (excludes halogenated alkanes) is 1. The Hall–Kier alpha value is -4.59. The fourth-order valence-electron chi connectivity index (χ4n) is 7.75. The van der Waals surface area contributed by atoms with Crippen LogP contribution in [0.4, 0.5) is 17.6 Å². The summed E-state index contributed by atoms with van der Waals surface area (Å²) in [6, 6.07) is 9.78. The number of likely N-dealkylation sites (N-methyl/N-ethyl adjacent to an activating group) is 1. The van der Waals surface area contributed by atoms with Gasteiger partial charge in [0.25, 0.3) is 0 Å². The Bertz CT molecular complexity index is 1930. The van der Waals surface area contributed by atoms with Crippen molar-refractivity contribution in [2.24, 2.45) is 23.7 Å². The quantitative estimate of drug-likeness (QED) is 0.0590. The predicted molar refractivity (Wildman–Crippen MR) is 213 cm³/mol. The average molecular weight is 815 g/mol. The second-order valence-corrected chi connectivity index (χ2v) is 16.1. The van der Waals surface area contributed by atoms with Crippen LogP contribution < -0.4 is 10.6 Å². The molecule has 318 valence electrons. The molecular formula is C44H58F4N4O6. The highest BCUT2D eigenvalue weighted by atomic mass is 19.4. The van der Waals surface area contributed by atoms with Crippen LogP contribution in [-0.2, 0) is 54.1 Å². The van der Waals surface area contributed by atoms with E-state index >= 15 is 0 Å². The highest BCUT2D eigenvalue weighted by molar-refractivity contribution is 5.99. The standard InChI is InChI=1S/C44H58F4N4O6/c1-7-27(3)32(23-30(53)22-29-14-9-10-17-36(29)45)42(57)51-43(19-18-37-34(25-43)31-15-13-16-35(40(31)50-37)44(46,47)48)38(54)24-33(28(4)8-2)41(56)49-20-11-12-21-58-39(55)26-52(5)6/h9-10,13-17,27-28,32-33,50H,7-8,11-12,18-26H2,1-6H3,(H,49,56)(H,51,57)/t27?,28?,32-,33-,43+/m0/s1. The molecule has 14 heteroatoms. The molecule has 0 aliphatic heterocycles. The first-order valence-electron chi connectivity index (χ1n) is 20.3. The van der Waals surface area contributed by atoms with Gasteiger partial charge in [-0.1, -0.05) is 70.9 Å². The summed E-state index contributed by atoms with van der Waals surface area (Å²) in [4.78, 5) is 72.9. The van der Waals surface area contributed by atoms with Crippen LogP contribution in [-0.4, -0.2) is 78.6 Å². The van der Waals surface area contributed by atoms with Gasteiger partial charge in [-0.3, -0.25) is 28.9 Å². The van der Waals surface area contributed by atoms with E-state index in [1.54, 1.807) is 31.1 Å². The SMILES string of the molecule is CCC(C)[C@H](CC(=O)[C@@]1(NC(=O)[C@@H](CC(=O)Cc2ccccc2F)C(C)CC)CCc2[nH]c3c(C(F)(F)F)cccc3c2C1)C(=O)NCCCCOC(=O)CN(C)C. The number of nitrogens with zero attached hydrogens (tertiary/aromatic N) is 1. The summed E-state index contributed by atoms with van der Waals surface area (Å²) in [5.74, 6) is -4.78. The van der Waals surface area contributed by atoms with Gasteiger partial charge in [-0.15, -0.1) is 0 Å². The second-order valence-electron chi connectivity index (χ2n) is 16.1. The Morgan fingerprint density at radius 3 is 2.22 bits per heavy atom. The number of carbonyl (C=O) groups is 5. The summed E-state index contributed by atoms with van der Waals surface area (Å²) < 4.78 is 62.0. The van der Waals surface area contributed by atoms with Crippen molar-refractivity contribution in [1.29, 1.82) is 0 Å². The van der Waals surface area contributed by atoms with Crippen molar-refractivity contribution in [1.82, 2.24) is 20.5 Å². The molecule has 3 N–H and O–H groups in total. The number of H-pyrrole nitrogens is 1. The van der Waals surface area contributed by atoms with E-state index in [0.717, 1.165) is 6.07 Å². The third-order valence-corrected chi connectivity index (χ3v) is 11.6. The molecule has 4 rings (SSSR count). The molecule has 1 aliphatic rings. The average Bonchev–Trinajstić information content (AvgIpc) is 3.54. The van der Waals surface area contributed by atoms with Crippen LogP contribution in [0.3, 0.4) is 0 Å². The topological polar surface area (TPSA) is 138 Å². The van der Waals surface area contributed by atoms with Crippen LogP contribution in [0.25, 0.3) is 10.9 Å². The third kappa shape index (κ3) is 11.8. The minimum atomic E-state index is -4.64. The van der Waals surface area contributed by atoms with Crippen LogP contribution >= 0.6 is 0 Å². The van der Waals surface area contributed by atoms with Crippen molar-refractivity contribution < 1.29 is 46.3 Å². The van der Waals surface area contributed by atoms with Crippen LogP contribution in [0, 0.1) is 29.5 Å². The zero-order chi connectivity index (χ0) is 42.8. The lowest BCUT2D eigenvalue weighted by molar-refractivity contribution is -0.144. The molecule has 0 saturated heterocycles. The number of Topliss-reactive ketones (excluding diaryl/α,β-unsaturated/α-hetero) is 2.